The van der Waals surface area contributed by atoms with Crippen molar-refractivity contribution in [2.75, 3.05) is 13.2 Å². The molecule has 52 heavy (non-hydrogen) atoms. The fraction of sp³-hybridized carbons (Fsp3) is 0.804. The van der Waals surface area contributed by atoms with Gasteiger partial charge in [-0.05, 0) is 51.4 Å². The van der Waals surface area contributed by atoms with Gasteiger partial charge in [0.05, 0.1) is 0 Å². The first kappa shape index (κ1) is 49.6. The number of hydrogen-bond donors (Lipinski definition) is 0. The Bertz CT molecular complexity index is 891. The van der Waals surface area contributed by atoms with Gasteiger partial charge in [-0.25, -0.2) is 0 Å². The zero-order valence-electron chi connectivity index (χ0n) is 34.3. The molecule has 0 aromatic carbocycles. The average molecular weight is 731 g/mol. The zero-order valence-corrected chi connectivity index (χ0v) is 34.3. The van der Waals surface area contributed by atoms with Gasteiger partial charge in [0, 0.05) is 19.3 Å². The Hall–Kier alpha value is -2.37. The first-order valence-electron chi connectivity index (χ1n) is 22.0. The van der Waals surface area contributed by atoms with Crippen LogP contribution >= 0.6 is 0 Å². The lowest BCUT2D eigenvalue weighted by Gasteiger charge is -2.18. The summed E-state index contributed by atoms with van der Waals surface area (Å²) in [7, 11) is 0. The molecule has 1 atom stereocenters. The van der Waals surface area contributed by atoms with Crippen molar-refractivity contribution >= 4 is 17.9 Å². The van der Waals surface area contributed by atoms with Gasteiger partial charge in [0.25, 0.3) is 0 Å². The van der Waals surface area contributed by atoms with Crippen molar-refractivity contribution in [1.29, 1.82) is 0 Å². The van der Waals surface area contributed by atoms with Gasteiger partial charge >= 0.3 is 17.9 Å². The van der Waals surface area contributed by atoms with Crippen LogP contribution in [0.1, 0.15) is 220 Å². The summed E-state index contributed by atoms with van der Waals surface area (Å²) in [6.45, 7) is 6.46. The highest BCUT2D eigenvalue weighted by Crippen LogP contribution is 2.14. The monoisotopic (exact) mass is 731 g/mol. The summed E-state index contributed by atoms with van der Waals surface area (Å²) in [6, 6.07) is 0. The normalized spacial score (nSPS) is 12.3. The van der Waals surface area contributed by atoms with Crippen molar-refractivity contribution in [1.82, 2.24) is 0 Å². The molecule has 0 aromatic rings. The second-order valence-electron chi connectivity index (χ2n) is 14.6. The van der Waals surface area contributed by atoms with Crippen LogP contribution in [0.5, 0.6) is 0 Å². The van der Waals surface area contributed by atoms with Gasteiger partial charge in [0.2, 0.25) is 0 Å². The second-order valence-corrected chi connectivity index (χ2v) is 14.6. The molecule has 0 saturated heterocycles. The maximum atomic E-state index is 12.6. The molecule has 0 aliphatic rings. The molecule has 0 aliphatic heterocycles. The Morgan fingerprint density at radius 1 is 0.404 bits per heavy atom. The van der Waals surface area contributed by atoms with Gasteiger partial charge in [0.1, 0.15) is 13.2 Å². The molecule has 0 amide bonds. The van der Waals surface area contributed by atoms with Gasteiger partial charge < -0.3 is 14.2 Å². The van der Waals surface area contributed by atoms with Crippen molar-refractivity contribution < 1.29 is 28.6 Å². The molecule has 0 spiro atoms. The largest absolute Gasteiger partial charge is 0.462 e. The van der Waals surface area contributed by atoms with Gasteiger partial charge in [-0.3, -0.25) is 14.4 Å². The SMILES string of the molecule is CC/C=C\C/C=C\C/C=C\CCCCCCCCCC(=O)OCC(COC(=O)CCCCCCCCCC)OC(=O)CCCCCCCCCCC. The lowest BCUT2D eigenvalue weighted by Crippen LogP contribution is -2.30. The Kier molecular flexibility index (Phi) is 39.5. The number of esters is 3. The predicted octanol–water partition coefficient (Wildman–Crippen LogP) is 13.8. The molecular weight excluding hydrogens is 648 g/mol. The predicted molar refractivity (Wildman–Crippen MR) is 219 cm³/mol. The van der Waals surface area contributed by atoms with Crippen molar-refractivity contribution in [3.63, 3.8) is 0 Å². The molecule has 0 aliphatic carbocycles. The molecule has 0 heterocycles. The van der Waals surface area contributed by atoms with Crippen LogP contribution in [-0.2, 0) is 28.6 Å². The van der Waals surface area contributed by atoms with E-state index in [9.17, 15) is 14.4 Å². The van der Waals surface area contributed by atoms with E-state index in [1.54, 1.807) is 0 Å². The maximum absolute atomic E-state index is 12.6. The van der Waals surface area contributed by atoms with Gasteiger partial charge in [-0.1, -0.05) is 186 Å². The number of carbonyl (C=O) groups is 3. The van der Waals surface area contributed by atoms with E-state index in [-0.39, 0.29) is 31.1 Å². The summed E-state index contributed by atoms with van der Waals surface area (Å²) in [5, 5.41) is 0. The number of hydrogen-bond acceptors (Lipinski definition) is 6. The molecule has 0 bridgehead atoms. The second kappa shape index (κ2) is 41.4. The Morgan fingerprint density at radius 2 is 0.750 bits per heavy atom. The third kappa shape index (κ3) is 38.9. The molecular formula is C46H82O6. The lowest BCUT2D eigenvalue weighted by molar-refractivity contribution is -0.167. The van der Waals surface area contributed by atoms with Gasteiger partial charge in [0.15, 0.2) is 6.10 Å². The number of carbonyl (C=O) groups excluding carboxylic acids is 3. The summed E-state index contributed by atoms with van der Waals surface area (Å²) in [5.41, 5.74) is 0. The van der Waals surface area contributed by atoms with Crippen LogP contribution in [-0.4, -0.2) is 37.2 Å². The number of ether oxygens (including phenoxy) is 3. The quantitative estimate of drug-likeness (QED) is 0.0271. The van der Waals surface area contributed by atoms with Crippen molar-refractivity contribution in [2.24, 2.45) is 0 Å². The van der Waals surface area contributed by atoms with Crippen LogP contribution in [0.2, 0.25) is 0 Å². The highest BCUT2D eigenvalue weighted by molar-refractivity contribution is 5.71. The molecule has 1 unspecified atom stereocenters. The minimum Gasteiger partial charge on any atom is -0.462 e. The number of unbranched alkanes of at least 4 members (excludes halogenated alkanes) is 22. The van der Waals surface area contributed by atoms with Gasteiger partial charge in [-0.2, -0.15) is 0 Å². The van der Waals surface area contributed by atoms with E-state index < -0.39 is 6.10 Å². The Morgan fingerprint density at radius 3 is 1.17 bits per heavy atom. The minimum atomic E-state index is -0.767. The van der Waals surface area contributed by atoms with E-state index in [0.717, 1.165) is 83.5 Å². The van der Waals surface area contributed by atoms with Crippen molar-refractivity contribution in [2.45, 2.75) is 226 Å². The standard InChI is InChI=1S/C46H82O6/c1-4-7-10-13-16-19-20-21-22-23-24-25-26-28-30-33-36-39-45(48)51-42-43(41-50-44(47)38-35-32-29-18-15-12-9-6-3)52-46(49)40-37-34-31-27-17-14-11-8-5-2/h7,10,16,19,21-22,43H,4-6,8-9,11-15,17-18,20,23-42H2,1-3H3/b10-7-,19-16-,22-21-. The van der Waals surface area contributed by atoms with Crippen molar-refractivity contribution in [3.05, 3.63) is 36.5 Å². The molecule has 302 valence electrons. The molecule has 0 saturated carbocycles. The van der Waals surface area contributed by atoms with Crippen LogP contribution in [0.3, 0.4) is 0 Å². The maximum Gasteiger partial charge on any atom is 0.306 e. The third-order valence-corrected chi connectivity index (χ3v) is 9.41. The van der Waals surface area contributed by atoms with Gasteiger partial charge in [-0.15, -0.1) is 0 Å². The highest BCUT2D eigenvalue weighted by atomic mass is 16.6. The van der Waals surface area contributed by atoms with E-state index in [1.807, 2.05) is 0 Å². The van der Waals surface area contributed by atoms with Crippen LogP contribution in [0.4, 0.5) is 0 Å². The summed E-state index contributed by atoms with van der Waals surface area (Å²) < 4.78 is 16.6. The average Bonchev–Trinajstić information content (AvgIpc) is 3.14. The van der Waals surface area contributed by atoms with E-state index in [0.29, 0.717) is 19.3 Å². The van der Waals surface area contributed by atoms with E-state index >= 15 is 0 Å². The zero-order chi connectivity index (χ0) is 38.0. The highest BCUT2D eigenvalue weighted by Gasteiger charge is 2.19. The molecule has 6 heteroatoms. The molecule has 0 N–H and O–H groups in total. The Balaban J connectivity index is 4.28. The Labute approximate surface area is 321 Å². The molecule has 0 radical (unpaired) electrons. The molecule has 0 fully saturated rings. The van der Waals surface area contributed by atoms with E-state index in [1.165, 1.54) is 96.3 Å². The summed E-state index contributed by atoms with van der Waals surface area (Å²) in [6.07, 6.45) is 45.6. The number of allylic oxidation sites excluding steroid dienone is 6. The molecule has 6 nitrogen and oxygen atoms in total. The summed E-state index contributed by atoms with van der Waals surface area (Å²) in [5.74, 6) is -0.889. The third-order valence-electron chi connectivity index (χ3n) is 9.41. The minimum absolute atomic E-state index is 0.0730. The van der Waals surface area contributed by atoms with E-state index in [2.05, 4.69) is 57.2 Å². The molecule has 0 aromatic heterocycles. The van der Waals surface area contributed by atoms with Crippen LogP contribution in [0, 0.1) is 0 Å². The lowest BCUT2D eigenvalue weighted by atomic mass is 10.1. The van der Waals surface area contributed by atoms with Crippen LogP contribution < -0.4 is 0 Å². The fourth-order valence-electron chi connectivity index (χ4n) is 6.10. The van der Waals surface area contributed by atoms with Crippen LogP contribution in [0.25, 0.3) is 0 Å². The summed E-state index contributed by atoms with van der Waals surface area (Å²) >= 11 is 0. The van der Waals surface area contributed by atoms with Crippen molar-refractivity contribution in [3.8, 4) is 0 Å². The smallest absolute Gasteiger partial charge is 0.306 e. The first-order chi connectivity index (χ1) is 25.5. The topological polar surface area (TPSA) is 78.9 Å². The van der Waals surface area contributed by atoms with Crippen LogP contribution in [0.15, 0.2) is 36.5 Å². The fourth-order valence-corrected chi connectivity index (χ4v) is 6.10. The summed E-state index contributed by atoms with van der Waals surface area (Å²) in [4.78, 5) is 37.5. The number of rotatable bonds is 39. The first-order valence-corrected chi connectivity index (χ1v) is 22.0. The molecule has 0 rings (SSSR count). The van der Waals surface area contributed by atoms with E-state index in [4.69, 9.17) is 14.2 Å².